The SMILES string of the molecule is C[C@H](Sc1nnc(NC2CCCCC2)s1)C(=O)NC(N)=O. The second-order valence-corrected chi connectivity index (χ2v) is 7.53. The maximum absolute atomic E-state index is 11.6. The molecule has 0 unspecified atom stereocenters. The van der Waals surface area contributed by atoms with Crippen LogP contribution in [-0.4, -0.2) is 33.4 Å². The highest BCUT2D eigenvalue weighted by atomic mass is 32.2. The van der Waals surface area contributed by atoms with Gasteiger partial charge in [-0.2, -0.15) is 0 Å². The van der Waals surface area contributed by atoms with Gasteiger partial charge in [-0.05, 0) is 19.8 Å². The average molecular weight is 329 g/mol. The topological polar surface area (TPSA) is 110 Å². The van der Waals surface area contributed by atoms with Crippen molar-refractivity contribution in [3.63, 3.8) is 0 Å². The van der Waals surface area contributed by atoms with E-state index in [1.165, 1.54) is 55.2 Å². The first-order valence-electron chi connectivity index (χ1n) is 6.91. The van der Waals surface area contributed by atoms with Gasteiger partial charge in [0.1, 0.15) is 0 Å². The first-order chi connectivity index (χ1) is 10.0. The molecule has 1 aliphatic carbocycles. The van der Waals surface area contributed by atoms with E-state index >= 15 is 0 Å². The molecule has 4 N–H and O–H groups in total. The number of hydrogen-bond donors (Lipinski definition) is 3. The van der Waals surface area contributed by atoms with Crippen LogP contribution in [0.3, 0.4) is 0 Å². The minimum Gasteiger partial charge on any atom is -0.357 e. The van der Waals surface area contributed by atoms with Gasteiger partial charge >= 0.3 is 6.03 Å². The summed E-state index contributed by atoms with van der Waals surface area (Å²) in [7, 11) is 0. The van der Waals surface area contributed by atoms with Gasteiger partial charge in [-0.15, -0.1) is 10.2 Å². The molecule has 1 atom stereocenters. The summed E-state index contributed by atoms with van der Waals surface area (Å²) in [6.07, 6.45) is 6.14. The van der Waals surface area contributed by atoms with Crippen molar-refractivity contribution in [3.05, 3.63) is 0 Å². The summed E-state index contributed by atoms with van der Waals surface area (Å²) in [5, 5.41) is 13.9. The van der Waals surface area contributed by atoms with Gasteiger partial charge in [-0.25, -0.2) is 4.79 Å². The van der Waals surface area contributed by atoms with Crippen molar-refractivity contribution < 1.29 is 9.59 Å². The number of aromatic nitrogens is 2. The largest absolute Gasteiger partial charge is 0.357 e. The normalized spacial score (nSPS) is 17.2. The number of urea groups is 1. The monoisotopic (exact) mass is 329 g/mol. The minimum atomic E-state index is -0.843. The third kappa shape index (κ3) is 5.16. The number of amides is 3. The van der Waals surface area contributed by atoms with E-state index in [-0.39, 0.29) is 0 Å². The molecule has 0 spiro atoms. The zero-order valence-electron chi connectivity index (χ0n) is 11.8. The maximum Gasteiger partial charge on any atom is 0.318 e. The Labute approximate surface area is 131 Å². The summed E-state index contributed by atoms with van der Waals surface area (Å²) < 4.78 is 0.695. The van der Waals surface area contributed by atoms with Crippen LogP contribution in [0.2, 0.25) is 0 Å². The molecule has 0 saturated heterocycles. The van der Waals surface area contributed by atoms with E-state index in [0.717, 1.165) is 5.13 Å². The number of anilines is 1. The van der Waals surface area contributed by atoms with Crippen molar-refractivity contribution in [2.45, 2.75) is 54.7 Å². The quantitative estimate of drug-likeness (QED) is 0.712. The third-order valence-corrected chi connectivity index (χ3v) is 5.27. The number of nitrogens with one attached hydrogen (secondary N) is 2. The molecule has 1 aliphatic rings. The summed E-state index contributed by atoms with van der Waals surface area (Å²) in [5.74, 6) is -0.426. The van der Waals surface area contributed by atoms with Crippen molar-refractivity contribution >= 4 is 40.2 Å². The Kier molecular flexibility index (Phi) is 5.80. The number of hydrogen-bond acceptors (Lipinski definition) is 7. The summed E-state index contributed by atoms with van der Waals surface area (Å²) in [5.41, 5.74) is 4.92. The number of thioether (sulfide) groups is 1. The molecule has 1 saturated carbocycles. The predicted molar refractivity (Wildman–Crippen MR) is 83.4 cm³/mol. The lowest BCUT2D eigenvalue weighted by Crippen LogP contribution is -2.39. The van der Waals surface area contributed by atoms with Crippen LogP contribution in [-0.2, 0) is 4.79 Å². The number of carbonyl (C=O) groups excluding carboxylic acids is 2. The number of rotatable bonds is 5. The van der Waals surface area contributed by atoms with Crippen molar-refractivity contribution in [2.24, 2.45) is 5.73 Å². The fourth-order valence-corrected chi connectivity index (χ4v) is 4.14. The molecule has 116 valence electrons. The molecule has 1 aromatic rings. The number of imide groups is 1. The lowest BCUT2D eigenvalue weighted by molar-refractivity contribution is -0.119. The van der Waals surface area contributed by atoms with Crippen LogP contribution >= 0.6 is 23.1 Å². The highest BCUT2D eigenvalue weighted by Crippen LogP contribution is 2.30. The van der Waals surface area contributed by atoms with Gasteiger partial charge in [-0.3, -0.25) is 10.1 Å². The highest BCUT2D eigenvalue weighted by molar-refractivity contribution is 8.02. The molecular weight excluding hydrogens is 310 g/mol. The number of nitrogens with zero attached hydrogens (tertiary/aromatic N) is 2. The van der Waals surface area contributed by atoms with Gasteiger partial charge in [0.25, 0.3) is 0 Å². The summed E-state index contributed by atoms with van der Waals surface area (Å²) >= 11 is 2.69. The zero-order chi connectivity index (χ0) is 15.2. The molecule has 1 fully saturated rings. The lowest BCUT2D eigenvalue weighted by atomic mass is 9.96. The number of primary amides is 1. The van der Waals surface area contributed by atoms with E-state index < -0.39 is 17.2 Å². The smallest absolute Gasteiger partial charge is 0.318 e. The second kappa shape index (κ2) is 7.60. The molecule has 7 nitrogen and oxygen atoms in total. The number of nitrogens with two attached hydrogens (primary N) is 1. The van der Waals surface area contributed by atoms with Crippen LogP contribution in [0.1, 0.15) is 39.0 Å². The molecular formula is C12H19N5O2S2. The van der Waals surface area contributed by atoms with Crippen molar-refractivity contribution in [1.29, 1.82) is 0 Å². The van der Waals surface area contributed by atoms with E-state index in [1.807, 2.05) is 0 Å². The summed E-state index contributed by atoms with van der Waals surface area (Å²) in [4.78, 5) is 22.2. The Morgan fingerprint density at radius 1 is 1.33 bits per heavy atom. The van der Waals surface area contributed by atoms with E-state index in [9.17, 15) is 9.59 Å². The van der Waals surface area contributed by atoms with E-state index in [1.54, 1.807) is 6.92 Å². The van der Waals surface area contributed by atoms with Gasteiger partial charge in [-0.1, -0.05) is 42.4 Å². The molecule has 21 heavy (non-hydrogen) atoms. The van der Waals surface area contributed by atoms with Crippen molar-refractivity contribution in [1.82, 2.24) is 15.5 Å². The second-order valence-electron chi connectivity index (χ2n) is 4.97. The van der Waals surface area contributed by atoms with Crippen LogP contribution in [0.5, 0.6) is 0 Å². The van der Waals surface area contributed by atoms with Gasteiger partial charge in [0.15, 0.2) is 4.34 Å². The van der Waals surface area contributed by atoms with Gasteiger partial charge in [0, 0.05) is 6.04 Å². The highest BCUT2D eigenvalue weighted by Gasteiger charge is 2.19. The Balaban J connectivity index is 1.84. The van der Waals surface area contributed by atoms with Crippen LogP contribution in [0, 0.1) is 0 Å². The average Bonchev–Trinajstić information content (AvgIpc) is 2.86. The van der Waals surface area contributed by atoms with E-state index in [0.29, 0.717) is 10.4 Å². The van der Waals surface area contributed by atoms with Crippen LogP contribution in [0.25, 0.3) is 0 Å². The first kappa shape index (κ1) is 16.0. The molecule has 1 aromatic heterocycles. The third-order valence-electron chi connectivity index (χ3n) is 3.23. The van der Waals surface area contributed by atoms with Crippen LogP contribution < -0.4 is 16.4 Å². The standard InChI is InChI=1S/C12H19N5O2S2/c1-7(9(18)15-10(13)19)20-12-17-16-11(21-12)14-8-5-3-2-4-6-8/h7-8H,2-6H2,1H3,(H,14,16)(H3,13,15,18,19)/t7-/m0/s1. The fourth-order valence-electron chi connectivity index (χ4n) is 2.17. The van der Waals surface area contributed by atoms with E-state index in [4.69, 9.17) is 5.73 Å². The molecule has 0 bridgehead atoms. The lowest BCUT2D eigenvalue weighted by Gasteiger charge is -2.21. The Morgan fingerprint density at radius 2 is 2.05 bits per heavy atom. The molecule has 9 heteroatoms. The maximum atomic E-state index is 11.6. The van der Waals surface area contributed by atoms with Crippen LogP contribution in [0.4, 0.5) is 9.93 Å². The van der Waals surface area contributed by atoms with Gasteiger partial charge < -0.3 is 11.1 Å². The molecule has 0 radical (unpaired) electrons. The summed E-state index contributed by atoms with van der Waals surface area (Å²) in [6.45, 7) is 1.69. The molecule has 1 heterocycles. The molecule has 0 aromatic carbocycles. The predicted octanol–water partition coefficient (Wildman–Crippen LogP) is 1.96. The Morgan fingerprint density at radius 3 is 2.71 bits per heavy atom. The van der Waals surface area contributed by atoms with Crippen molar-refractivity contribution in [3.8, 4) is 0 Å². The Hall–Kier alpha value is -1.35. The molecule has 0 aliphatic heterocycles. The first-order valence-corrected chi connectivity index (χ1v) is 8.61. The van der Waals surface area contributed by atoms with E-state index in [2.05, 4.69) is 20.8 Å². The number of carbonyl (C=O) groups is 2. The fraction of sp³-hybridized carbons (Fsp3) is 0.667. The van der Waals surface area contributed by atoms with Gasteiger partial charge in [0.05, 0.1) is 5.25 Å². The minimum absolute atomic E-state index is 0.426. The van der Waals surface area contributed by atoms with Crippen LogP contribution in [0.15, 0.2) is 4.34 Å². The summed E-state index contributed by atoms with van der Waals surface area (Å²) in [6, 6.07) is -0.371. The zero-order valence-corrected chi connectivity index (χ0v) is 13.4. The van der Waals surface area contributed by atoms with Gasteiger partial charge in [0.2, 0.25) is 11.0 Å². The molecule has 3 amide bonds. The molecule has 2 rings (SSSR count). The Bertz CT molecular complexity index is 502. The van der Waals surface area contributed by atoms with Crippen molar-refractivity contribution in [2.75, 3.05) is 5.32 Å².